The lowest BCUT2D eigenvalue weighted by Gasteiger charge is -2.28. The number of ether oxygens (including phenoxy) is 1. The molecule has 0 radical (unpaired) electrons. The van der Waals surface area contributed by atoms with Crippen LogP contribution in [0.1, 0.15) is 16.1 Å². The molecule has 0 bridgehead atoms. The van der Waals surface area contributed by atoms with Crippen LogP contribution in [0.3, 0.4) is 0 Å². The SMILES string of the molecule is COC(=O)c1c(NC(=O)C[NH+]2CC[NH+](CCO)CC2)c2cc(C)ccc2n1C. The van der Waals surface area contributed by atoms with Crippen molar-refractivity contribution in [3.63, 3.8) is 0 Å². The number of methoxy groups -OCH3 is 1. The molecule has 8 nitrogen and oxygen atoms in total. The average molecular weight is 390 g/mol. The number of amides is 1. The zero-order valence-corrected chi connectivity index (χ0v) is 16.8. The standard InChI is InChI=1S/C20H28N4O4/c1-14-4-5-16-15(12-14)18(19(22(16)2)20(27)28-3)21-17(26)13-24-8-6-23(7-9-24)10-11-25/h4-5,12,25H,6-11,13H2,1-3H3,(H,21,26)/p+2. The summed E-state index contributed by atoms with van der Waals surface area (Å²) in [6, 6.07) is 5.90. The molecule has 152 valence electrons. The lowest BCUT2D eigenvalue weighted by Crippen LogP contribution is -3.28. The first-order valence-electron chi connectivity index (χ1n) is 9.69. The number of rotatable bonds is 6. The Morgan fingerprint density at radius 1 is 1.21 bits per heavy atom. The van der Waals surface area contributed by atoms with Crippen molar-refractivity contribution in [3.8, 4) is 0 Å². The van der Waals surface area contributed by atoms with Crippen molar-refractivity contribution < 1.29 is 29.2 Å². The number of quaternary nitrogens is 2. The van der Waals surface area contributed by atoms with E-state index in [0.717, 1.165) is 49.2 Å². The average Bonchev–Trinajstić information content (AvgIpc) is 2.94. The maximum Gasteiger partial charge on any atom is 0.356 e. The first-order chi connectivity index (χ1) is 13.4. The predicted octanol–water partition coefficient (Wildman–Crippen LogP) is -2.01. The molecule has 3 rings (SSSR count). The summed E-state index contributed by atoms with van der Waals surface area (Å²) in [6.07, 6.45) is 0. The van der Waals surface area contributed by atoms with Crippen molar-refractivity contribution in [3.05, 3.63) is 29.5 Å². The number of piperazine rings is 1. The number of aliphatic hydroxyl groups excluding tert-OH is 1. The molecule has 1 aliphatic rings. The van der Waals surface area contributed by atoms with Gasteiger partial charge in [0, 0.05) is 12.4 Å². The van der Waals surface area contributed by atoms with Gasteiger partial charge in [0.2, 0.25) is 0 Å². The monoisotopic (exact) mass is 390 g/mol. The summed E-state index contributed by atoms with van der Waals surface area (Å²) in [6.45, 7) is 6.97. The van der Waals surface area contributed by atoms with Gasteiger partial charge in [0.25, 0.3) is 5.91 Å². The fourth-order valence-electron chi connectivity index (χ4n) is 3.97. The molecule has 0 unspecified atom stereocenters. The fraction of sp³-hybridized carbons (Fsp3) is 0.500. The molecule has 1 amide bonds. The molecule has 1 fully saturated rings. The molecule has 1 aromatic carbocycles. The van der Waals surface area contributed by atoms with Crippen LogP contribution >= 0.6 is 0 Å². The number of benzene rings is 1. The van der Waals surface area contributed by atoms with Gasteiger partial charge in [-0.15, -0.1) is 0 Å². The molecule has 28 heavy (non-hydrogen) atoms. The minimum Gasteiger partial charge on any atom is -0.464 e. The van der Waals surface area contributed by atoms with Gasteiger partial charge in [-0.3, -0.25) is 4.79 Å². The van der Waals surface area contributed by atoms with Crippen LogP contribution in [0.15, 0.2) is 18.2 Å². The summed E-state index contributed by atoms with van der Waals surface area (Å²) in [4.78, 5) is 27.7. The van der Waals surface area contributed by atoms with Crippen LogP contribution < -0.4 is 15.1 Å². The molecule has 2 heterocycles. The summed E-state index contributed by atoms with van der Waals surface area (Å²) in [5.74, 6) is -0.583. The Morgan fingerprint density at radius 2 is 1.89 bits per heavy atom. The maximum atomic E-state index is 12.7. The van der Waals surface area contributed by atoms with Crippen molar-refractivity contribution in [2.45, 2.75) is 6.92 Å². The van der Waals surface area contributed by atoms with Gasteiger partial charge < -0.3 is 29.5 Å². The third-order valence-electron chi connectivity index (χ3n) is 5.54. The third kappa shape index (κ3) is 4.19. The Bertz CT molecular complexity index is 869. The van der Waals surface area contributed by atoms with Gasteiger partial charge in [0.05, 0.1) is 24.9 Å². The van der Waals surface area contributed by atoms with Crippen LogP contribution in [-0.2, 0) is 16.6 Å². The highest BCUT2D eigenvalue weighted by atomic mass is 16.5. The van der Waals surface area contributed by atoms with Crippen LogP contribution in [0, 0.1) is 6.92 Å². The van der Waals surface area contributed by atoms with E-state index >= 15 is 0 Å². The number of esters is 1. The summed E-state index contributed by atoms with van der Waals surface area (Å²) in [5.41, 5.74) is 2.79. The highest BCUT2D eigenvalue weighted by Crippen LogP contribution is 2.31. The molecule has 0 atom stereocenters. The molecular weight excluding hydrogens is 360 g/mol. The quantitative estimate of drug-likeness (QED) is 0.429. The number of nitrogens with one attached hydrogen (secondary N) is 3. The van der Waals surface area contributed by atoms with Gasteiger partial charge in [0.15, 0.2) is 12.2 Å². The van der Waals surface area contributed by atoms with Crippen LogP contribution in [0.5, 0.6) is 0 Å². The van der Waals surface area contributed by atoms with E-state index in [0.29, 0.717) is 17.9 Å². The molecule has 1 aromatic heterocycles. The van der Waals surface area contributed by atoms with E-state index in [1.807, 2.05) is 25.1 Å². The Hall–Kier alpha value is -2.42. The second-order valence-corrected chi connectivity index (χ2v) is 7.49. The van der Waals surface area contributed by atoms with Crippen molar-refractivity contribution in [2.24, 2.45) is 7.05 Å². The van der Waals surface area contributed by atoms with E-state index in [1.165, 1.54) is 16.9 Å². The highest BCUT2D eigenvalue weighted by Gasteiger charge is 2.27. The molecule has 0 spiro atoms. The van der Waals surface area contributed by atoms with E-state index < -0.39 is 5.97 Å². The number of fused-ring (bicyclic) bond motifs is 1. The maximum absolute atomic E-state index is 12.7. The molecule has 1 saturated heterocycles. The Balaban J connectivity index is 1.78. The summed E-state index contributed by atoms with van der Waals surface area (Å²) < 4.78 is 6.71. The number of carbonyl (C=O) groups excluding carboxylic acids is 2. The normalized spacial score (nSPS) is 19.6. The Kier molecular flexibility index (Phi) is 6.33. The van der Waals surface area contributed by atoms with Crippen molar-refractivity contribution >= 4 is 28.5 Å². The number of hydrogen-bond donors (Lipinski definition) is 4. The highest BCUT2D eigenvalue weighted by molar-refractivity contribution is 6.11. The van der Waals surface area contributed by atoms with E-state index in [1.54, 1.807) is 11.6 Å². The topological polar surface area (TPSA) is 89.4 Å². The molecular formula is C20H30N4O4+2. The number of anilines is 1. The van der Waals surface area contributed by atoms with Gasteiger partial charge in [-0.2, -0.15) is 0 Å². The van der Waals surface area contributed by atoms with Crippen LogP contribution in [-0.4, -0.2) is 74.5 Å². The number of hydrogen-bond acceptors (Lipinski definition) is 4. The zero-order valence-electron chi connectivity index (χ0n) is 16.8. The Labute approximate surface area is 164 Å². The molecule has 2 aromatic rings. The van der Waals surface area contributed by atoms with Crippen LogP contribution in [0.2, 0.25) is 0 Å². The van der Waals surface area contributed by atoms with Gasteiger partial charge in [0.1, 0.15) is 32.7 Å². The number of aliphatic hydroxyl groups is 1. The lowest BCUT2D eigenvalue weighted by molar-refractivity contribution is -1.01. The number of aromatic nitrogens is 1. The van der Waals surface area contributed by atoms with E-state index in [-0.39, 0.29) is 12.5 Å². The number of carbonyl (C=O) groups is 2. The first-order valence-corrected chi connectivity index (χ1v) is 9.69. The summed E-state index contributed by atoms with van der Waals surface area (Å²) in [7, 11) is 3.14. The van der Waals surface area contributed by atoms with Gasteiger partial charge in [-0.25, -0.2) is 4.79 Å². The van der Waals surface area contributed by atoms with Gasteiger partial charge >= 0.3 is 5.97 Å². The molecule has 1 aliphatic heterocycles. The zero-order chi connectivity index (χ0) is 20.3. The summed E-state index contributed by atoms with van der Waals surface area (Å²) in [5, 5.41) is 12.9. The predicted molar refractivity (Wildman–Crippen MR) is 106 cm³/mol. The summed E-state index contributed by atoms with van der Waals surface area (Å²) >= 11 is 0. The first kappa shape index (κ1) is 20.3. The van der Waals surface area contributed by atoms with E-state index in [4.69, 9.17) is 9.84 Å². The van der Waals surface area contributed by atoms with E-state index in [2.05, 4.69) is 5.32 Å². The smallest absolute Gasteiger partial charge is 0.356 e. The van der Waals surface area contributed by atoms with Crippen molar-refractivity contribution in [1.29, 1.82) is 0 Å². The van der Waals surface area contributed by atoms with Crippen molar-refractivity contribution in [1.82, 2.24) is 4.57 Å². The molecule has 4 N–H and O–H groups in total. The molecule has 8 heteroatoms. The number of nitrogens with zero attached hydrogens (tertiary/aromatic N) is 1. The largest absolute Gasteiger partial charge is 0.464 e. The minimum atomic E-state index is -0.472. The second kappa shape index (κ2) is 8.72. The molecule has 0 saturated carbocycles. The van der Waals surface area contributed by atoms with Crippen LogP contribution in [0.25, 0.3) is 10.9 Å². The van der Waals surface area contributed by atoms with Crippen LogP contribution in [0.4, 0.5) is 5.69 Å². The van der Waals surface area contributed by atoms with Gasteiger partial charge in [-0.05, 0) is 19.1 Å². The second-order valence-electron chi connectivity index (χ2n) is 7.49. The van der Waals surface area contributed by atoms with Gasteiger partial charge in [-0.1, -0.05) is 11.6 Å². The molecule has 0 aliphatic carbocycles. The minimum absolute atomic E-state index is 0.111. The third-order valence-corrected chi connectivity index (χ3v) is 5.54. The Morgan fingerprint density at radius 3 is 2.54 bits per heavy atom. The lowest BCUT2D eigenvalue weighted by atomic mass is 10.1. The van der Waals surface area contributed by atoms with Crippen molar-refractivity contribution in [2.75, 3.05) is 58.3 Å². The number of aryl methyl sites for hydroxylation is 2. The van der Waals surface area contributed by atoms with E-state index in [9.17, 15) is 9.59 Å². The fourth-order valence-corrected chi connectivity index (χ4v) is 3.97.